The molecule has 3 aromatic rings. The number of aromatic nitrogens is 1. The second-order valence-corrected chi connectivity index (χ2v) is 5.80. The minimum Gasteiger partial charge on any atom is -0.369 e. The van der Waals surface area contributed by atoms with E-state index in [1.54, 1.807) is 0 Å². The summed E-state index contributed by atoms with van der Waals surface area (Å²) in [6, 6.07) is 16.7. The van der Waals surface area contributed by atoms with Gasteiger partial charge in [0.2, 0.25) is 5.91 Å². The van der Waals surface area contributed by atoms with Crippen LogP contribution in [-0.4, -0.2) is 10.5 Å². The Morgan fingerprint density at radius 3 is 2.50 bits per heavy atom. The molecule has 1 aromatic heterocycles. The summed E-state index contributed by atoms with van der Waals surface area (Å²) in [6.45, 7) is 4.93. The molecule has 0 saturated heterocycles. The Morgan fingerprint density at radius 1 is 1.09 bits per heavy atom. The number of benzene rings is 2. The summed E-state index contributed by atoms with van der Waals surface area (Å²) >= 11 is 0. The molecule has 0 aliphatic rings. The van der Waals surface area contributed by atoms with Gasteiger partial charge >= 0.3 is 0 Å². The van der Waals surface area contributed by atoms with Crippen molar-refractivity contribution >= 4 is 16.8 Å². The molecule has 3 rings (SSSR count). The molecule has 0 saturated carbocycles. The lowest BCUT2D eigenvalue weighted by atomic mass is 10.1. The van der Waals surface area contributed by atoms with E-state index in [0.29, 0.717) is 0 Å². The minimum absolute atomic E-state index is 0.285. The molecule has 2 N–H and O–H groups in total. The topological polar surface area (TPSA) is 48.0 Å². The molecule has 0 aliphatic heterocycles. The summed E-state index contributed by atoms with van der Waals surface area (Å²) in [4.78, 5) is 11.4. The molecule has 0 aliphatic carbocycles. The third kappa shape index (κ3) is 2.62. The van der Waals surface area contributed by atoms with Gasteiger partial charge in [-0.05, 0) is 37.1 Å². The molecule has 112 valence electrons. The Bertz CT molecular complexity index is 832. The van der Waals surface area contributed by atoms with Gasteiger partial charge < -0.3 is 10.3 Å². The molecule has 3 nitrogen and oxygen atoms in total. The number of nitrogens with zero attached hydrogens (tertiary/aromatic N) is 1. The first-order valence-electron chi connectivity index (χ1n) is 7.47. The van der Waals surface area contributed by atoms with Gasteiger partial charge in [0.25, 0.3) is 0 Å². The zero-order valence-electron chi connectivity index (χ0n) is 13.0. The summed E-state index contributed by atoms with van der Waals surface area (Å²) in [5.74, 6) is -0.289. The van der Waals surface area contributed by atoms with Crippen LogP contribution in [0.15, 0.2) is 48.5 Å². The van der Waals surface area contributed by atoms with E-state index in [1.165, 1.54) is 11.1 Å². The van der Waals surface area contributed by atoms with Crippen molar-refractivity contribution in [3.63, 3.8) is 0 Å². The number of primary amides is 1. The van der Waals surface area contributed by atoms with Crippen LogP contribution < -0.4 is 5.73 Å². The van der Waals surface area contributed by atoms with E-state index in [9.17, 15) is 4.79 Å². The van der Waals surface area contributed by atoms with E-state index in [4.69, 9.17) is 5.73 Å². The van der Waals surface area contributed by atoms with Crippen molar-refractivity contribution in [1.29, 1.82) is 0 Å². The molecule has 2 aromatic carbocycles. The lowest BCUT2D eigenvalue weighted by Crippen LogP contribution is -2.14. The fourth-order valence-electron chi connectivity index (χ4n) is 3.03. The van der Waals surface area contributed by atoms with Crippen molar-refractivity contribution in [2.75, 3.05) is 0 Å². The first kappa shape index (κ1) is 14.4. The van der Waals surface area contributed by atoms with Crippen LogP contribution in [-0.2, 0) is 17.8 Å². The third-order valence-electron chi connectivity index (χ3n) is 4.14. The molecule has 1 heterocycles. The van der Waals surface area contributed by atoms with Gasteiger partial charge in [0, 0.05) is 23.1 Å². The second-order valence-electron chi connectivity index (χ2n) is 5.80. The van der Waals surface area contributed by atoms with Crippen molar-refractivity contribution < 1.29 is 4.79 Å². The van der Waals surface area contributed by atoms with Crippen LogP contribution >= 0.6 is 0 Å². The van der Waals surface area contributed by atoms with Crippen LogP contribution in [0.5, 0.6) is 0 Å². The van der Waals surface area contributed by atoms with E-state index in [1.807, 2.05) is 18.2 Å². The van der Waals surface area contributed by atoms with Gasteiger partial charge in [-0.2, -0.15) is 0 Å². The van der Waals surface area contributed by atoms with Gasteiger partial charge in [-0.1, -0.05) is 42.0 Å². The standard InChI is InChI=1S/C19H20N2O/c1-13-8-9-18-17(10-13)16(11-19(20)22)14(2)21(18)12-15-6-4-3-5-7-15/h3-10H,11-12H2,1-2H3,(H2,20,22). The van der Waals surface area contributed by atoms with Crippen LogP contribution in [0.3, 0.4) is 0 Å². The summed E-state index contributed by atoms with van der Waals surface area (Å²) in [5, 5.41) is 1.13. The van der Waals surface area contributed by atoms with Crippen LogP contribution in [0.1, 0.15) is 22.4 Å². The number of rotatable bonds is 4. The SMILES string of the molecule is Cc1ccc2c(c1)c(CC(N)=O)c(C)n2Cc1ccccc1. The van der Waals surface area contributed by atoms with Gasteiger partial charge in [-0.15, -0.1) is 0 Å². The number of aryl methyl sites for hydroxylation is 1. The molecule has 0 fully saturated rings. The molecule has 0 atom stereocenters. The summed E-state index contributed by atoms with van der Waals surface area (Å²) in [6.07, 6.45) is 0.285. The average molecular weight is 292 g/mol. The Morgan fingerprint density at radius 2 is 1.82 bits per heavy atom. The summed E-state index contributed by atoms with van der Waals surface area (Å²) in [5.41, 5.74) is 11.2. The Balaban J connectivity index is 2.17. The highest BCUT2D eigenvalue weighted by atomic mass is 16.1. The van der Waals surface area contributed by atoms with Crippen molar-refractivity contribution in [3.05, 3.63) is 70.9 Å². The van der Waals surface area contributed by atoms with Gasteiger partial charge in [0.1, 0.15) is 0 Å². The van der Waals surface area contributed by atoms with Gasteiger partial charge in [-0.3, -0.25) is 4.79 Å². The third-order valence-corrected chi connectivity index (χ3v) is 4.14. The smallest absolute Gasteiger partial charge is 0.221 e. The molecule has 0 radical (unpaired) electrons. The van der Waals surface area contributed by atoms with E-state index < -0.39 is 0 Å². The Labute approximate surface area is 130 Å². The maximum Gasteiger partial charge on any atom is 0.221 e. The van der Waals surface area contributed by atoms with Crippen LogP contribution in [0.4, 0.5) is 0 Å². The molecule has 0 bridgehead atoms. The predicted molar refractivity (Wildman–Crippen MR) is 89.9 cm³/mol. The normalized spacial score (nSPS) is 11.0. The maximum atomic E-state index is 11.4. The second kappa shape index (κ2) is 5.68. The summed E-state index contributed by atoms with van der Waals surface area (Å²) < 4.78 is 2.27. The molecular weight excluding hydrogens is 272 g/mol. The fourth-order valence-corrected chi connectivity index (χ4v) is 3.03. The zero-order valence-corrected chi connectivity index (χ0v) is 13.0. The number of hydrogen-bond acceptors (Lipinski definition) is 1. The van der Waals surface area contributed by atoms with E-state index in [0.717, 1.165) is 28.7 Å². The average Bonchev–Trinajstić information content (AvgIpc) is 2.73. The van der Waals surface area contributed by atoms with E-state index >= 15 is 0 Å². The van der Waals surface area contributed by atoms with Gasteiger partial charge in [0.15, 0.2) is 0 Å². The largest absolute Gasteiger partial charge is 0.369 e. The van der Waals surface area contributed by atoms with Crippen LogP contribution in [0.25, 0.3) is 10.9 Å². The predicted octanol–water partition coefficient (Wildman–Crippen LogP) is 3.33. The van der Waals surface area contributed by atoms with Crippen LogP contribution in [0.2, 0.25) is 0 Å². The monoisotopic (exact) mass is 292 g/mol. The number of fused-ring (bicyclic) bond motifs is 1. The molecule has 1 amide bonds. The first-order chi connectivity index (χ1) is 10.6. The Kier molecular flexibility index (Phi) is 3.72. The van der Waals surface area contributed by atoms with E-state index in [-0.39, 0.29) is 12.3 Å². The van der Waals surface area contributed by atoms with Crippen LogP contribution in [0, 0.1) is 13.8 Å². The molecule has 3 heteroatoms. The number of carbonyl (C=O) groups excluding carboxylic acids is 1. The number of hydrogen-bond donors (Lipinski definition) is 1. The molecule has 0 spiro atoms. The molecule has 22 heavy (non-hydrogen) atoms. The Hall–Kier alpha value is -2.55. The van der Waals surface area contributed by atoms with Crippen molar-refractivity contribution in [1.82, 2.24) is 4.57 Å². The first-order valence-corrected chi connectivity index (χ1v) is 7.47. The summed E-state index contributed by atoms with van der Waals surface area (Å²) in [7, 11) is 0. The maximum absolute atomic E-state index is 11.4. The number of nitrogens with two attached hydrogens (primary N) is 1. The highest BCUT2D eigenvalue weighted by Gasteiger charge is 2.15. The quantitative estimate of drug-likeness (QED) is 0.787. The molecule has 0 unspecified atom stereocenters. The van der Waals surface area contributed by atoms with Gasteiger partial charge in [0.05, 0.1) is 6.42 Å². The number of carbonyl (C=O) groups is 1. The minimum atomic E-state index is -0.289. The number of amides is 1. The zero-order chi connectivity index (χ0) is 15.7. The lowest BCUT2D eigenvalue weighted by molar-refractivity contribution is -0.117. The molecular formula is C19H20N2O. The fraction of sp³-hybridized carbons (Fsp3) is 0.211. The lowest BCUT2D eigenvalue weighted by Gasteiger charge is -2.09. The van der Waals surface area contributed by atoms with Crippen molar-refractivity contribution in [2.24, 2.45) is 5.73 Å². The van der Waals surface area contributed by atoms with Gasteiger partial charge in [-0.25, -0.2) is 0 Å². The van der Waals surface area contributed by atoms with Crippen molar-refractivity contribution in [3.8, 4) is 0 Å². The van der Waals surface area contributed by atoms with Crippen molar-refractivity contribution in [2.45, 2.75) is 26.8 Å². The van der Waals surface area contributed by atoms with E-state index in [2.05, 4.69) is 48.7 Å². The highest BCUT2D eigenvalue weighted by molar-refractivity contribution is 5.90. The highest BCUT2D eigenvalue weighted by Crippen LogP contribution is 2.28.